The van der Waals surface area contributed by atoms with Crippen molar-refractivity contribution in [2.45, 2.75) is 72.5 Å². The molecule has 1 aromatic heterocycles. The molecule has 0 saturated heterocycles. The van der Waals surface area contributed by atoms with Crippen molar-refractivity contribution in [3.63, 3.8) is 0 Å². The number of phenols is 1. The summed E-state index contributed by atoms with van der Waals surface area (Å²) in [7, 11) is 0. The van der Waals surface area contributed by atoms with Gasteiger partial charge in [0.2, 0.25) is 0 Å². The van der Waals surface area contributed by atoms with Crippen LogP contribution < -0.4 is 10.6 Å². The number of fused-ring (bicyclic) bond motifs is 1. The van der Waals surface area contributed by atoms with E-state index in [4.69, 9.17) is 4.99 Å². The molecule has 7 heteroatoms. The summed E-state index contributed by atoms with van der Waals surface area (Å²) >= 11 is 0. The molecule has 0 fully saturated rings. The Hall–Kier alpha value is -2.57. The van der Waals surface area contributed by atoms with Crippen molar-refractivity contribution < 1.29 is 5.11 Å². The minimum absolute atomic E-state index is 0.294. The highest BCUT2D eigenvalue weighted by atomic mass is 16.3. The molecule has 152 valence electrons. The largest absolute Gasteiger partial charge is 0.507 e. The highest BCUT2D eigenvalue weighted by Crippen LogP contribution is 2.23. The Morgan fingerprint density at radius 2 is 2.00 bits per heavy atom. The van der Waals surface area contributed by atoms with Gasteiger partial charge in [0.25, 0.3) is 0 Å². The van der Waals surface area contributed by atoms with Crippen LogP contribution in [0.5, 0.6) is 5.75 Å². The number of aryl methyl sites for hydroxylation is 3. The zero-order valence-electron chi connectivity index (χ0n) is 17.6. The van der Waals surface area contributed by atoms with Crippen LogP contribution in [0.2, 0.25) is 0 Å². The highest BCUT2D eigenvalue weighted by molar-refractivity contribution is 5.80. The van der Waals surface area contributed by atoms with Gasteiger partial charge in [-0.25, -0.2) is 4.99 Å². The Bertz CT molecular complexity index is 832. The van der Waals surface area contributed by atoms with Gasteiger partial charge in [-0.2, -0.15) is 0 Å². The fourth-order valence-electron chi connectivity index (χ4n) is 3.71. The number of phenolic OH excluding ortho intramolecular Hbond substituents is 1. The van der Waals surface area contributed by atoms with Gasteiger partial charge in [0, 0.05) is 31.5 Å². The summed E-state index contributed by atoms with van der Waals surface area (Å²) in [6, 6.07) is 4.28. The molecule has 3 N–H and O–H groups in total. The number of rotatable bonds is 5. The molecule has 3 rings (SSSR count). The molecule has 1 atom stereocenters. The van der Waals surface area contributed by atoms with Crippen molar-refractivity contribution in [1.29, 1.82) is 0 Å². The lowest BCUT2D eigenvalue weighted by molar-refractivity contribution is 0.408. The first-order chi connectivity index (χ1) is 13.4. The van der Waals surface area contributed by atoms with Crippen LogP contribution in [-0.4, -0.2) is 38.4 Å². The third kappa shape index (κ3) is 4.46. The maximum Gasteiger partial charge on any atom is 0.191 e. The first-order valence-corrected chi connectivity index (χ1v) is 10.1. The topological polar surface area (TPSA) is 87.4 Å². The molecule has 0 amide bonds. The van der Waals surface area contributed by atoms with Crippen molar-refractivity contribution in [2.24, 2.45) is 4.99 Å². The Kier molecular flexibility index (Phi) is 6.21. The van der Waals surface area contributed by atoms with Crippen molar-refractivity contribution in [3.05, 3.63) is 40.5 Å². The number of hydrogen-bond donors (Lipinski definition) is 3. The standard InChI is InChI=1S/C21H32N6O/c1-6-22-21(23-11-16-9-14(4)19(28)15(5)10-16)24-17-7-8-18-25-26-20(13(2)3)27(18)12-17/h9-10,13,17,28H,6-8,11-12H2,1-5H3,(H2,22,23,24). The second kappa shape index (κ2) is 8.63. The van der Waals surface area contributed by atoms with E-state index >= 15 is 0 Å². The van der Waals surface area contributed by atoms with E-state index in [1.165, 1.54) is 0 Å². The average Bonchev–Trinajstić information content (AvgIpc) is 3.07. The summed E-state index contributed by atoms with van der Waals surface area (Å²) in [6.45, 7) is 12.5. The number of aromatic hydroxyl groups is 1. The summed E-state index contributed by atoms with van der Waals surface area (Å²) in [5, 5.41) is 25.6. The second-order valence-corrected chi connectivity index (χ2v) is 7.89. The number of nitrogens with one attached hydrogen (secondary N) is 2. The van der Waals surface area contributed by atoms with Crippen LogP contribution in [0, 0.1) is 13.8 Å². The SMILES string of the molecule is CCNC(=NCc1cc(C)c(O)c(C)c1)NC1CCc2nnc(C(C)C)n2C1. The Labute approximate surface area is 167 Å². The quantitative estimate of drug-likeness (QED) is 0.545. The van der Waals surface area contributed by atoms with E-state index in [1.54, 1.807) is 0 Å². The summed E-state index contributed by atoms with van der Waals surface area (Å²) < 4.78 is 2.25. The molecule has 1 aromatic carbocycles. The summed E-state index contributed by atoms with van der Waals surface area (Å²) in [6.07, 6.45) is 1.94. The van der Waals surface area contributed by atoms with Gasteiger partial charge in [-0.1, -0.05) is 26.0 Å². The maximum absolute atomic E-state index is 9.96. The van der Waals surface area contributed by atoms with Crippen LogP contribution in [0.15, 0.2) is 17.1 Å². The predicted octanol–water partition coefficient (Wildman–Crippen LogP) is 2.79. The second-order valence-electron chi connectivity index (χ2n) is 7.89. The van der Waals surface area contributed by atoms with E-state index in [9.17, 15) is 5.11 Å². The molecule has 2 heterocycles. The van der Waals surface area contributed by atoms with E-state index in [-0.39, 0.29) is 0 Å². The Balaban J connectivity index is 1.71. The first-order valence-electron chi connectivity index (χ1n) is 10.1. The van der Waals surface area contributed by atoms with Gasteiger partial charge in [-0.05, 0) is 43.9 Å². The molecule has 0 aliphatic carbocycles. The zero-order valence-corrected chi connectivity index (χ0v) is 17.6. The van der Waals surface area contributed by atoms with Gasteiger partial charge in [0.05, 0.1) is 6.54 Å². The fourth-order valence-corrected chi connectivity index (χ4v) is 3.71. The van der Waals surface area contributed by atoms with Crippen LogP contribution in [0.3, 0.4) is 0 Å². The number of nitrogens with zero attached hydrogens (tertiary/aromatic N) is 4. The van der Waals surface area contributed by atoms with Crippen LogP contribution in [0.4, 0.5) is 0 Å². The van der Waals surface area contributed by atoms with Crippen molar-refractivity contribution in [3.8, 4) is 5.75 Å². The van der Waals surface area contributed by atoms with Crippen LogP contribution >= 0.6 is 0 Å². The number of aliphatic imine (C=N–C) groups is 1. The number of hydrogen-bond acceptors (Lipinski definition) is 4. The normalized spacial score (nSPS) is 16.9. The van der Waals surface area contributed by atoms with Gasteiger partial charge in [-0.15, -0.1) is 10.2 Å². The molecular weight excluding hydrogens is 352 g/mol. The van der Waals surface area contributed by atoms with Crippen LogP contribution in [0.25, 0.3) is 0 Å². The molecule has 28 heavy (non-hydrogen) atoms. The minimum atomic E-state index is 0.294. The molecule has 0 bridgehead atoms. The maximum atomic E-state index is 9.96. The van der Waals surface area contributed by atoms with Crippen molar-refractivity contribution >= 4 is 5.96 Å². The third-order valence-electron chi connectivity index (χ3n) is 5.15. The molecule has 2 aromatic rings. The molecule has 1 aliphatic rings. The van der Waals surface area contributed by atoms with Gasteiger partial charge in [0.1, 0.15) is 17.4 Å². The van der Waals surface area contributed by atoms with Crippen LogP contribution in [-0.2, 0) is 19.5 Å². The van der Waals surface area contributed by atoms with Gasteiger partial charge >= 0.3 is 0 Å². The lowest BCUT2D eigenvalue weighted by Gasteiger charge is -2.27. The number of guanidine groups is 1. The van der Waals surface area contributed by atoms with E-state index in [0.29, 0.717) is 24.3 Å². The average molecular weight is 385 g/mol. The van der Waals surface area contributed by atoms with E-state index in [0.717, 1.165) is 60.2 Å². The van der Waals surface area contributed by atoms with Gasteiger partial charge in [0.15, 0.2) is 5.96 Å². The minimum Gasteiger partial charge on any atom is -0.507 e. The van der Waals surface area contributed by atoms with Gasteiger partial charge < -0.3 is 20.3 Å². The molecule has 0 spiro atoms. The zero-order chi connectivity index (χ0) is 20.3. The smallest absolute Gasteiger partial charge is 0.191 e. The number of aromatic nitrogens is 3. The highest BCUT2D eigenvalue weighted by Gasteiger charge is 2.24. The summed E-state index contributed by atoms with van der Waals surface area (Å²) in [5.41, 5.74) is 2.87. The van der Waals surface area contributed by atoms with E-state index in [1.807, 2.05) is 26.0 Å². The van der Waals surface area contributed by atoms with Gasteiger partial charge in [-0.3, -0.25) is 0 Å². The Morgan fingerprint density at radius 1 is 1.29 bits per heavy atom. The third-order valence-corrected chi connectivity index (χ3v) is 5.15. The first kappa shape index (κ1) is 20.2. The van der Waals surface area contributed by atoms with Crippen LogP contribution in [0.1, 0.15) is 61.4 Å². The molecule has 1 unspecified atom stereocenters. The lowest BCUT2D eigenvalue weighted by atomic mass is 10.1. The summed E-state index contributed by atoms with van der Waals surface area (Å²) in [4.78, 5) is 4.76. The molecule has 1 aliphatic heterocycles. The molecule has 0 saturated carbocycles. The van der Waals surface area contributed by atoms with Crippen molar-refractivity contribution in [1.82, 2.24) is 25.4 Å². The number of benzene rings is 1. The predicted molar refractivity (Wildman–Crippen MR) is 112 cm³/mol. The monoisotopic (exact) mass is 384 g/mol. The molecule has 0 radical (unpaired) electrons. The molecular formula is C21H32N6O. The van der Waals surface area contributed by atoms with Crippen molar-refractivity contribution in [2.75, 3.05) is 6.54 Å². The summed E-state index contributed by atoms with van der Waals surface area (Å²) in [5.74, 6) is 3.68. The molecule has 7 nitrogen and oxygen atoms in total. The van der Waals surface area contributed by atoms with E-state index in [2.05, 4.69) is 46.2 Å². The fraction of sp³-hybridized carbons (Fsp3) is 0.571. The Morgan fingerprint density at radius 3 is 2.64 bits per heavy atom. The lowest BCUT2D eigenvalue weighted by Crippen LogP contribution is -2.47. The van der Waals surface area contributed by atoms with E-state index < -0.39 is 0 Å².